The second-order valence-electron chi connectivity index (χ2n) is 7.27. The maximum Gasteiger partial charge on any atom is 0.213 e. The van der Waals surface area contributed by atoms with Crippen LogP contribution < -0.4 is 4.57 Å². The van der Waals surface area contributed by atoms with Crippen molar-refractivity contribution in [2.24, 2.45) is 5.92 Å². The van der Waals surface area contributed by atoms with Gasteiger partial charge < -0.3 is 0 Å². The summed E-state index contributed by atoms with van der Waals surface area (Å²) in [6.07, 6.45) is 10.8. The van der Waals surface area contributed by atoms with E-state index in [0.717, 1.165) is 6.54 Å². The third kappa shape index (κ3) is 2.74. The molecule has 1 aromatic heterocycles. The van der Waals surface area contributed by atoms with Gasteiger partial charge in [0, 0.05) is 11.6 Å². The molecule has 1 nitrogen and oxygen atoms in total. The summed E-state index contributed by atoms with van der Waals surface area (Å²) in [4.78, 5) is 1.58. The van der Waals surface area contributed by atoms with Crippen LogP contribution in [0.15, 0.2) is 41.4 Å². The van der Waals surface area contributed by atoms with Crippen LogP contribution in [0.3, 0.4) is 0 Å². The molecule has 2 aromatic rings. The fourth-order valence-corrected chi connectivity index (χ4v) is 4.59. The molecule has 0 spiro atoms. The van der Waals surface area contributed by atoms with Gasteiger partial charge in [0.25, 0.3) is 0 Å². The molecule has 2 heterocycles. The first-order chi connectivity index (χ1) is 9.86. The molecule has 0 saturated heterocycles. The van der Waals surface area contributed by atoms with Crippen molar-refractivity contribution in [1.29, 1.82) is 0 Å². The number of fused-ring (bicyclic) bond motifs is 3. The van der Waals surface area contributed by atoms with Crippen molar-refractivity contribution in [3.63, 3.8) is 0 Å². The predicted molar refractivity (Wildman–Crippen MR) is 93.3 cm³/mol. The van der Waals surface area contributed by atoms with E-state index in [-0.39, 0.29) is 0 Å². The minimum Gasteiger partial charge on any atom is -0.217 e. The summed E-state index contributed by atoms with van der Waals surface area (Å²) in [5, 5.41) is 0. The fourth-order valence-electron chi connectivity index (χ4n) is 3.22. The molecule has 0 aliphatic carbocycles. The Bertz CT molecular complexity index is 680. The van der Waals surface area contributed by atoms with Gasteiger partial charge in [0.05, 0.1) is 10.5 Å². The van der Waals surface area contributed by atoms with E-state index in [1.807, 2.05) is 0 Å². The van der Waals surface area contributed by atoms with Crippen molar-refractivity contribution in [1.82, 2.24) is 0 Å². The Balaban J connectivity index is 2.17. The third-order valence-electron chi connectivity index (χ3n) is 4.13. The number of hydrogen-bond donors (Lipinski definition) is 0. The van der Waals surface area contributed by atoms with Crippen molar-refractivity contribution in [2.75, 3.05) is 18.8 Å². The molecule has 112 valence electrons. The highest BCUT2D eigenvalue weighted by molar-refractivity contribution is 8.32. The zero-order chi connectivity index (χ0) is 15.2. The van der Waals surface area contributed by atoms with E-state index >= 15 is 0 Å². The van der Waals surface area contributed by atoms with Crippen LogP contribution in [0.2, 0.25) is 0 Å². The van der Waals surface area contributed by atoms with E-state index in [1.54, 1.807) is 10.5 Å². The van der Waals surface area contributed by atoms with Crippen molar-refractivity contribution in [2.45, 2.75) is 31.7 Å². The summed E-state index contributed by atoms with van der Waals surface area (Å²) < 4.78 is 2.45. The quantitative estimate of drug-likeness (QED) is 0.637. The molecule has 2 heteroatoms. The minimum absolute atomic E-state index is 0.699. The van der Waals surface area contributed by atoms with Crippen LogP contribution in [0.5, 0.6) is 0 Å². The first-order valence-corrected chi connectivity index (χ1v) is 10.5. The molecule has 0 bridgehead atoms. The number of pyridine rings is 1. The third-order valence-corrected chi connectivity index (χ3v) is 5.82. The summed E-state index contributed by atoms with van der Waals surface area (Å²) >= 11 is 0. The smallest absolute Gasteiger partial charge is 0.213 e. The highest BCUT2D eigenvalue weighted by Crippen LogP contribution is 2.48. The van der Waals surface area contributed by atoms with Crippen LogP contribution in [-0.2, 0) is 13.0 Å². The normalized spacial score (nSPS) is 14.2. The summed E-state index contributed by atoms with van der Waals surface area (Å²) in [6, 6.07) is 11.3. The zero-order valence-corrected chi connectivity index (χ0v) is 14.6. The van der Waals surface area contributed by atoms with E-state index in [1.165, 1.54) is 23.2 Å². The van der Waals surface area contributed by atoms with Gasteiger partial charge in [-0.25, -0.2) is 10.0 Å². The molecule has 0 unspecified atom stereocenters. The number of rotatable bonds is 3. The lowest BCUT2D eigenvalue weighted by atomic mass is 10.0. The Labute approximate surface area is 130 Å². The van der Waals surface area contributed by atoms with Crippen LogP contribution in [-0.4, -0.2) is 18.8 Å². The average molecular weight is 300 g/mol. The molecule has 1 aliphatic heterocycles. The number of nitrogens with zero attached hydrogens (tertiary/aromatic N) is 1. The summed E-state index contributed by atoms with van der Waals surface area (Å²) in [5.74, 6) is 0.699. The Morgan fingerprint density at radius 3 is 2.52 bits per heavy atom. The molecule has 1 aliphatic rings. The van der Waals surface area contributed by atoms with Gasteiger partial charge in [-0.05, 0) is 42.7 Å². The summed E-state index contributed by atoms with van der Waals surface area (Å²) in [6.45, 7) is 5.65. The summed E-state index contributed by atoms with van der Waals surface area (Å²) in [5.41, 5.74) is 5.82. The Morgan fingerprint density at radius 1 is 1.14 bits per heavy atom. The predicted octanol–water partition coefficient (Wildman–Crippen LogP) is 4.25. The first-order valence-electron chi connectivity index (χ1n) is 7.69. The van der Waals surface area contributed by atoms with Gasteiger partial charge >= 0.3 is 0 Å². The highest BCUT2D eigenvalue weighted by Gasteiger charge is 2.29. The molecule has 0 saturated carbocycles. The molecule has 3 rings (SSSR count). The lowest BCUT2D eigenvalue weighted by Gasteiger charge is -2.27. The molecule has 0 fully saturated rings. The number of hydrogen-bond acceptors (Lipinski definition) is 0. The molecule has 0 radical (unpaired) electrons. The van der Waals surface area contributed by atoms with Crippen LogP contribution in [0.1, 0.15) is 25.0 Å². The van der Waals surface area contributed by atoms with Gasteiger partial charge in [-0.3, -0.25) is 0 Å². The molecule has 0 amide bonds. The average Bonchev–Trinajstić information content (AvgIpc) is 2.74. The van der Waals surface area contributed by atoms with Gasteiger partial charge in [-0.15, -0.1) is 0 Å². The van der Waals surface area contributed by atoms with Crippen molar-refractivity contribution in [3.8, 4) is 11.3 Å². The molecule has 0 atom stereocenters. The largest absolute Gasteiger partial charge is 0.217 e. The molecular formula is C19H26NS+. The molecule has 21 heavy (non-hydrogen) atoms. The Kier molecular flexibility index (Phi) is 3.61. The van der Waals surface area contributed by atoms with Crippen LogP contribution in [0.25, 0.3) is 11.3 Å². The van der Waals surface area contributed by atoms with Gasteiger partial charge in [0.1, 0.15) is 0 Å². The maximum atomic E-state index is 2.46. The molecule has 1 aromatic carbocycles. The highest BCUT2D eigenvalue weighted by atomic mass is 32.3. The fraction of sp³-hybridized carbons (Fsp3) is 0.421. The van der Waals surface area contributed by atoms with Gasteiger partial charge in [0.2, 0.25) is 5.69 Å². The minimum atomic E-state index is -0.709. The standard InChI is InChI=1S/C19H26NS/c1-14(2)10-16-11-18-17-9-7-6-8-15(17)12-20(18)13-19(16)21(3,4)5/h6-9,11,13-14H,10,12H2,1-5H3/q+1. The second kappa shape index (κ2) is 5.17. The lowest BCUT2D eigenvalue weighted by molar-refractivity contribution is -0.674. The van der Waals surface area contributed by atoms with E-state index < -0.39 is 10.0 Å². The van der Waals surface area contributed by atoms with Crippen molar-refractivity contribution < 1.29 is 4.57 Å². The van der Waals surface area contributed by atoms with Gasteiger partial charge in [-0.2, -0.15) is 4.57 Å². The molecular weight excluding hydrogens is 274 g/mol. The first kappa shape index (κ1) is 14.6. The second-order valence-corrected chi connectivity index (χ2v) is 11.4. The van der Waals surface area contributed by atoms with Crippen LogP contribution in [0, 0.1) is 5.92 Å². The summed E-state index contributed by atoms with van der Waals surface area (Å²) in [7, 11) is -0.709. The maximum absolute atomic E-state index is 2.46. The lowest BCUT2D eigenvalue weighted by Crippen LogP contribution is -2.33. The number of benzene rings is 1. The topological polar surface area (TPSA) is 3.88 Å². The van der Waals surface area contributed by atoms with Crippen LogP contribution in [0.4, 0.5) is 0 Å². The SMILES string of the molecule is CC(C)Cc1cc2[n+](cc1S(C)(C)C)Cc1ccccc1-2. The van der Waals surface area contributed by atoms with Crippen LogP contribution >= 0.6 is 10.0 Å². The van der Waals surface area contributed by atoms with E-state index in [2.05, 4.69) is 73.7 Å². The Hall–Kier alpha value is -1.28. The van der Waals surface area contributed by atoms with E-state index in [9.17, 15) is 0 Å². The van der Waals surface area contributed by atoms with Crippen molar-refractivity contribution in [3.05, 3.63) is 47.7 Å². The Morgan fingerprint density at radius 2 is 1.86 bits per heavy atom. The van der Waals surface area contributed by atoms with Crippen molar-refractivity contribution >= 4 is 10.0 Å². The number of aromatic nitrogens is 1. The van der Waals surface area contributed by atoms with E-state index in [4.69, 9.17) is 0 Å². The zero-order valence-electron chi connectivity index (χ0n) is 13.8. The van der Waals surface area contributed by atoms with Gasteiger partial charge in [-0.1, -0.05) is 32.0 Å². The molecule has 0 N–H and O–H groups in total. The van der Waals surface area contributed by atoms with E-state index in [0.29, 0.717) is 5.92 Å². The monoisotopic (exact) mass is 300 g/mol. The van der Waals surface area contributed by atoms with Gasteiger partial charge in [0.15, 0.2) is 12.7 Å².